The second kappa shape index (κ2) is 16.3. The molecule has 0 spiro atoms. The van der Waals surface area contributed by atoms with Crippen molar-refractivity contribution in [3.8, 4) is 0 Å². The van der Waals surface area contributed by atoms with E-state index in [1.54, 1.807) is 0 Å². The van der Waals surface area contributed by atoms with Crippen LogP contribution in [0.25, 0.3) is 0 Å². The lowest BCUT2D eigenvalue weighted by Crippen LogP contribution is -2.50. The maximum atomic E-state index is 10.1. The van der Waals surface area contributed by atoms with Crippen molar-refractivity contribution in [2.45, 2.75) is 95.7 Å². The topological polar surface area (TPSA) is 95.9 Å². The Morgan fingerprint density at radius 1 is 0.833 bits per heavy atom. The summed E-state index contributed by atoms with van der Waals surface area (Å²) in [6.07, 6.45) is 12.3. The number of nitrogens with two attached hydrogens (primary N) is 1. The van der Waals surface area contributed by atoms with Gasteiger partial charge in [0.25, 0.3) is 0 Å². The van der Waals surface area contributed by atoms with E-state index >= 15 is 0 Å². The van der Waals surface area contributed by atoms with E-state index in [1.807, 2.05) is 0 Å². The Balaban J connectivity index is 3.83. The van der Waals surface area contributed by atoms with Crippen molar-refractivity contribution in [2.75, 3.05) is 26.4 Å². The first-order valence-corrected chi connectivity index (χ1v) is 9.90. The van der Waals surface area contributed by atoms with Crippen LogP contribution in [0.1, 0.15) is 84.0 Å². The number of rotatable bonds is 18. The van der Waals surface area contributed by atoms with Crippen LogP contribution >= 0.6 is 0 Å². The van der Waals surface area contributed by atoms with Crippen molar-refractivity contribution in [3.63, 3.8) is 0 Å². The van der Waals surface area contributed by atoms with Crippen molar-refractivity contribution in [1.82, 2.24) is 0 Å². The standard InChI is InChI=1S/C19H41NO4/c1-2-3-4-5-6-7-8-9-10-11-16-24-19(12-14-21,13-15-22)18(23)17-20/h18,21-23H,2-17,20H2,1H3. The lowest BCUT2D eigenvalue weighted by Gasteiger charge is -2.37. The molecule has 1 atom stereocenters. The average molecular weight is 348 g/mol. The summed E-state index contributed by atoms with van der Waals surface area (Å²) in [5, 5.41) is 28.6. The van der Waals surface area contributed by atoms with E-state index in [1.165, 1.54) is 51.4 Å². The van der Waals surface area contributed by atoms with E-state index in [4.69, 9.17) is 10.5 Å². The van der Waals surface area contributed by atoms with Crippen molar-refractivity contribution < 1.29 is 20.1 Å². The first-order chi connectivity index (χ1) is 11.7. The Bertz CT molecular complexity index is 258. The smallest absolute Gasteiger partial charge is 0.0996 e. The van der Waals surface area contributed by atoms with Gasteiger partial charge >= 0.3 is 0 Å². The second-order valence-electron chi connectivity index (χ2n) is 6.79. The maximum Gasteiger partial charge on any atom is 0.0996 e. The van der Waals surface area contributed by atoms with E-state index in [-0.39, 0.29) is 19.8 Å². The normalized spacial score (nSPS) is 13.4. The van der Waals surface area contributed by atoms with E-state index in [2.05, 4.69) is 6.92 Å². The average Bonchev–Trinajstić information content (AvgIpc) is 2.59. The molecule has 0 heterocycles. The van der Waals surface area contributed by atoms with Crippen LogP contribution in [0.2, 0.25) is 0 Å². The fourth-order valence-corrected chi connectivity index (χ4v) is 3.16. The molecule has 0 aromatic heterocycles. The highest BCUT2D eigenvalue weighted by Crippen LogP contribution is 2.25. The third kappa shape index (κ3) is 10.6. The molecule has 5 heteroatoms. The molecule has 5 N–H and O–H groups in total. The van der Waals surface area contributed by atoms with E-state index in [9.17, 15) is 15.3 Å². The first kappa shape index (κ1) is 23.8. The van der Waals surface area contributed by atoms with Gasteiger partial charge in [0.1, 0.15) is 0 Å². The van der Waals surface area contributed by atoms with Gasteiger partial charge in [-0.25, -0.2) is 0 Å². The molecular formula is C19H41NO4. The molecule has 0 saturated carbocycles. The molecule has 5 nitrogen and oxygen atoms in total. The van der Waals surface area contributed by atoms with E-state index in [0.717, 1.165) is 12.8 Å². The molecule has 0 fully saturated rings. The number of hydrogen-bond acceptors (Lipinski definition) is 5. The highest BCUT2D eigenvalue weighted by Gasteiger charge is 2.37. The third-order valence-electron chi connectivity index (χ3n) is 4.79. The van der Waals surface area contributed by atoms with Gasteiger partial charge in [0.05, 0.1) is 11.7 Å². The molecule has 0 bridgehead atoms. The van der Waals surface area contributed by atoms with Gasteiger partial charge in [0, 0.05) is 39.2 Å². The Morgan fingerprint density at radius 2 is 1.29 bits per heavy atom. The zero-order chi connectivity index (χ0) is 18.1. The van der Waals surface area contributed by atoms with Crippen molar-refractivity contribution in [1.29, 1.82) is 0 Å². The molecule has 0 rings (SSSR count). The Hall–Kier alpha value is -0.200. The molecule has 0 radical (unpaired) electrons. The summed E-state index contributed by atoms with van der Waals surface area (Å²) in [6.45, 7) is 2.67. The minimum atomic E-state index is -0.919. The van der Waals surface area contributed by atoms with Gasteiger partial charge in [-0.3, -0.25) is 0 Å². The Kier molecular flexibility index (Phi) is 16.1. The van der Waals surface area contributed by atoms with Crippen LogP contribution in [0.5, 0.6) is 0 Å². The molecule has 0 aliphatic rings. The highest BCUT2D eigenvalue weighted by molar-refractivity contribution is 4.89. The summed E-state index contributed by atoms with van der Waals surface area (Å²) >= 11 is 0. The molecule has 0 aromatic rings. The largest absolute Gasteiger partial charge is 0.396 e. The van der Waals surface area contributed by atoms with Crippen LogP contribution in [0.3, 0.4) is 0 Å². The summed E-state index contributed by atoms with van der Waals surface area (Å²) in [5.74, 6) is 0. The van der Waals surface area contributed by atoms with Gasteiger partial charge in [-0.1, -0.05) is 64.7 Å². The van der Waals surface area contributed by atoms with E-state index in [0.29, 0.717) is 19.4 Å². The molecule has 146 valence electrons. The third-order valence-corrected chi connectivity index (χ3v) is 4.79. The number of aliphatic hydroxyl groups excluding tert-OH is 3. The Labute approximate surface area is 148 Å². The second-order valence-corrected chi connectivity index (χ2v) is 6.79. The van der Waals surface area contributed by atoms with E-state index < -0.39 is 11.7 Å². The molecule has 0 aliphatic heterocycles. The fraction of sp³-hybridized carbons (Fsp3) is 1.00. The molecule has 0 amide bonds. The van der Waals surface area contributed by atoms with Crippen LogP contribution in [-0.4, -0.2) is 53.4 Å². The molecule has 0 saturated heterocycles. The molecule has 0 aromatic carbocycles. The van der Waals surface area contributed by atoms with Gasteiger partial charge < -0.3 is 25.8 Å². The van der Waals surface area contributed by atoms with Crippen LogP contribution < -0.4 is 5.73 Å². The van der Waals surface area contributed by atoms with Gasteiger partial charge in [-0.05, 0) is 6.42 Å². The number of hydrogen-bond donors (Lipinski definition) is 4. The lowest BCUT2D eigenvalue weighted by molar-refractivity contribution is -0.140. The predicted molar refractivity (Wildman–Crippen MR) is 99.0 cm³/mol. The minimum Gasteiger partial charge on any atom is -0.396 e. The van der Waals surface area contributed by atoms with Crippen molar-refractivity contribution >= 4 is 0 Å². The van der Waals surface area contributed by atoms with Gasteiger partial charge in [0.15, 0.2) is 0 Å². The van der Waals surface area contributed by atoms with Crippen molar-refractivity contribution in [3.05, 3.63) is 0 Å². The zero-order valence-electron chi connectivity index (χ0n) is 15.7. The predicted octanol–water partition coefficient (Wildman–Crippen LogP) is 2.75. The van der Waals surface area contributed by atoms with Crippen LogP contribution in [0.15, 0.2) is 0 Å². The SMILES string of the molecule is CCCCCCCCCCCCOC(CCO)(CCO)C(O)CN. The summed E-state index contributed by atoms with van der Waals surface area (Å²) in [7, 11) is 0. The van der Waals surface area contributed by atoms with Crippen LogP contribution in [0.4, 0.5) is 0 Å². The summed E-state index contributed by atoms with van der Waals surface area (Å²) in [6, 6.07) is 0. The first-order valence-electron chi connectivity index (χ1n) is 9.90. The number of aliphatic hydroxyl groups is 3. The summed E-state index contributed by atoms with van der Waals surface area (Å²) < 4.78 is 5.89. The van der Waals surface area contributed by atoms with Gasteiger partial charge in [0.2, 0.25) is 0 Å². The fourth-order valence-electron chi connectivity index (χ4n) is 3.16. The minimum absolute atomic E-state index is 0.0675. The number of ether oxygens (including phenoxy) is 1. The molecule has 0 aliphatic carbocycles. The molecule has 1 unspecified atom stereocenters. The zero-order valence-corrected chi connectivity index (χ0v) is 15.7. The van der Waals surface area contributed by atoms with Crippen LogP contribution in [0, 0.1) is 0 Å². The van der Waals surface area contributed by atoms with Gasteiger partial charge in [-0.2, -0.15) is 0 Å². The van der Waals surface area contributed by atoms with Crippen LogP contribution in [-0.2, 0) is 4.74 Å². The van der Waals surface area contributed by atoms with Gasteiger partial charge in [-0.15, -0.1) is 0 Å². The summed E-state index contributed by atoms with van der Waals surface area (Å²) in [4.78, 5) is 0. The molecule has 24 heavy (non-hydrogen) atoms. The maximum absolute atomic E-state index is 10.1. The lowest BCUT2D eigenvalue weighted by atomic mass is 9.89. The highest BCUT2D eigenvalue weighted by atomic mass is 16.5. The quantitative estimate of drug-likeness (QED) is 0.286. The number of unbranched alkanes of at least 4 members (excludes halogenated alkanes) is 9. The molecular weight excluding hydrogens is 306 g/mol. The Morgan fingerprint density at radius 3 is 1.71 bits per heavy atom. The monoisotopic (exact) mass is 347 g/mol. The summed E-state index contributed by atoms with van der Waals surface area (Å²) in [5.41, 5.74) is 4.64. The van der Waals surface area contributed by atoms with Crippen molar-refractivity contribution in [2.24, 2.45) is 5.73 Å².